The minimum atomic E-state index is -1.98. The number of Topliss-reactive ketones (excluding diaryl/α,β-unsaturated/α-hetero) is 1. The fourth-order valence-corrected chi connectivity index (χ4v) is 2.91. The van der Waals surface area contributed by atoms with Crippen LogP contribution in [-0.2, 0) is 14.0 Å². The van der Waals surface area contributed by atoms with Crippen LogP contribution < -0.4 is 5.32 Å². The van der Waals surface area contributed by atoms with E-state index in [-0.39, 0.29) is 34.7 Å². The normalized spacial score (nSPS) is 23.5. The molecule has 1 unspecified atom stereocenters. The first kappa shape index (κ1) is 18.9. The molecule has 0 radical (unpaired) electrons. The molecule has 2 N–H and O–H groups in total. The van der Waals surface area contributed by atoms with Crippen LogP contribution in [0.25, 0.3) is 0 Å². The minimum Gasteiger partial charge on any atom is -0.511 e. The van der Waals surface area contributed by atoms with Gasteiger partial charge in [0.05, 0.1) is 6.61 Å². The van der Waals surface area contributed by atoms with Gasteiger partial charge in [-0.05, 0) is 24.6 Å². The lowest BCUT2D eigenvalue weighted by Crippen LogP contribution is -2.45. The molecule has 0 spiro atoms. The van der Waals surface area contributed by atoms with Gasteiger partial charge in [-0.15, -0.1) is 0 Å². The van der Waals surface area contributed by atoms with E-state index >= 15 is 0 Å². The van der Waals surface area contributed by atoms with Gasteiger partial charge in [0, 0.05) is 5.92 Å². The van der Waals surface area contributed by atoms with Gasteiger partial charge in [-0.25, -0.2) is 0 Å². The van der Waals surface area contributed by atoms with E-state index in [0.29, 0.717) is 6.42 Å². The van der Waals surface area contributed by atoms with Gasteiger partial charge in [-0.1, -0.05) is 34.6 Å². The Bertz CT molecular complexity index is 491. The van der Waals surface area contributed by atoms with Gasteiger partial charge >= 0.3 is 0 Å². The van der Waals surface area contributed by atoms with Crippen LogP contribution in [-0.4, -0.2) is 37.8 Å². The SMILES string of the molecule is CCC(C)/C(O)=C1/C(=O)N[C@@H](CO[Si](C)(C)C(C)(C)C)C1=O. The Morgan fingerprint density at radius 3 is 2.36 bits per heavy atom. The zero-order valence-corrected chi connectivity index (χ0v) is 15.7. The zero-order valence-electron chi connectivity index (χ0n) is 14.7. The topological polar surface area (TPSA) is 75.6 Å². The Morgan fingerprint density at radius 1 is 1.36 bits per heavy atom. The predicted molar refractivity (Wildman–Crippen MR) is 89.2 cm³/mol. The molecule has 0 bridgehead atoms. The quantitative estimate of drug-likeness (QED) is 0.352. The summed E-state index contributed by atoms with van der Waals surface area (Å²) in [6, 6.07) is -0.692. The lowest BCUT2D eigenvalue weighted by Gasteiger charge is -2.36. The largest absolute Gasteiger partial charge is 0.511 e. The highest BCUT2D eigenvalue weighted by Gasteiger charge is 2.42. The van der Waals surface area contributed by atoms with Gasteiger partial charge in [0.1, 0.15) is 17.4 Å². The average molecular weight is 327 g/mol. The van der Waals surface area contributed by atoms with Crippen molar-refractivity contribution in [2.45, 2.75) is 65.2 Å². The van der Waals surface area contributed by atoms with Crippen molar-refractivity contribution in [3.05, 3.63) is 11.3 Å². The number of hydrogen-bond donors (Lipinski definition) is 2. The number of carbonyl (C=O) groups is 2. The molecule has 0 aliphatic carbocycles. The molecule has 1 rings (SSSR count). The Morgan fingerprint density at radius 2 is 1.91 bits per heavy atom. The van der Waals surface area contributed by atoms with Crippen LogP contribution in [0.2, 0.25) is 18.1 Å². The molecule has 0 saturated carbocycles. The van der Waals surface area contributed by atoms with Crippen LogP contribution in [0.4, 0.5) is 0 Å². The third kappa shape index (κ3) is 3.79. The summed E-state index contributed by atoms with van der Waals surface area (Å²) in [6.07, 6.45) is 0.668. The number of aliphatic hydroxyl groups excluding tert-OH is 1. The summed E-state index contributed by atoms with van der Waals surface area (Å²) in [5, 5.41) is 12.8. The second kappa shape index (κ2) is 6.54. The number of hydrogen-bond acceptors (Lipinski definition) is 4. The molecule has 0 aromatic heterocycles. The second-order valence-corrected chi connectivity index (χ2v) is 12.3. The highest BCUT2D eigenvalue weighted by molar-refractivity contribution is 6.74. The molecule has 0 aromatic carbocycles. The van der Waals surface area contributed by atoms with E-state index in [9.17, 15) is 14.7 Å². The van der Waals surface area contributed by atoms with Crippen molar-refractivity contribution in [1.82, 2.24) is 5.32 Å². The maximum Gasteiger partial charge on any atom is 0.259 e. The summed E-state index contributed by atoms with van der Waals surface area (Å²) in [5.74, 6) is -1.17. The number of carbonyl (C=O) groups excluding carboxylic acids is 2. The first-order valence-corrected chi connectivity index (χ1v) is 10.7. The van der Waals surface area contributed by atoms with E-state index in [4.69, 9.17) is 4.43 Å². The summed E-state index contributed by atoms with van der Waals surface area (Å²) < 4.78 is 6.01. The van der Waals surface area contributed by atoms with E-state index in [0.717, 1.165) is 0 Å². The molecule has 126 valence electrons. The molecule has 1 amide bonds. The molecule has 1 aliphatic rings. The van der Waals surface area contributed by atoms with Crippen molar-refractivity contribution in [1.29, 1.82) is 0 Å². The lowest BCUT2D eigenvalue weighted by atomic mass is 9.99. The summed E-state index contributed by atoms with van der Waals surface area (Å²) in [5.41, 5.74) is -0.0989. The third-order valence-corrected chi connectivity index (χ3v) is 9.35. The van der Waals surface area contributed by atoms with Crippen LogP contribution >= 0.6 is 0 Å². The zero-order chi connectivity index (χ0) is 17.3. The van der Waals surface area contributed by atoms with Crippen LogP contribution in [0, 0.1) is 5.92 Å². The number of allylic oxidation sites excluding steroid dienone is 1. The summed E-state index contributed by atoms with van der Waals surface area (Å²) in [4.78, 5) is 24.4. The molecule has 2 atom stereocenters. The molecule has 5 nitrogen and oxygen atoms in total. The first-order chi connectivity index (χ1) is 9.92. The van der Waals surface area contributed by atoms with Crippen molar-refractivity contribution >= 4 is 20.0 Å². The van der Waals surface area contributed by atoms with Gasteiger partial charge < -0.3 is 14.8 Å². The van der Waals surface area contributed by atoms with Crippen LogP contribution in [0.15, 0.2) is 11.3 Å². The molecule has 22 heavy (non-hydrogen) atoms. The van der Waals surface area contributed by atoms with Gasteiger partial charge in [-0.3, -0.25) is 9.59 Å². The monoisotopic (exact) mass is 327 g/mol. The summed E-state index contributed by atoms with van der Waals surface area (Å²) in [6.45, 7) is 14.4. The highest BCUT2D eigenvalue weighted by Crippen LogP contribution is 2.36. The van der Waals surface area contributed by atoms with Gasteiger partial charge in [0.2, 0.25) is 0 Å². The number of nitrogens with one attached hydrogen (secondary N) is 1. The Hall–Kier alpha value is -1.14. The Balaban J connectivity index is 2.86. The predicted octanol–water partition coefficient (Wildman–Crippen LogP) is 2.93. The fourth-order valence-electron chi connectivity index (χ4n) is 1.89. The van der Waals surface area contributed by atoms with E-state index in [1.165, 1.54) is 0 Å². The van der Waals surface area contributed by atoms with Crippen LogP contribution in [0.5, 0.6) is 0 Å². The standard InChI is InChI=1S/C16H29NO4Si/c1-8-10(2)13(18)12-14(19)11(17-15(12)20)9-21-22(6,7)16(3,4)5/h10-11,18H,8-9H2,1-7H3,(H,17,20)/b13-12-/t10?,11-/m0/s1. The lowest BCUT2D eigenvalue weighted by molar-refractivity contribution is -0.117. The van der Waals surface area contributed by atoms with Crippen molar-refractivity contribution < 1.29 is 19.1 Å². The van der Waals surface area contributed by atoms with Crippen LogP contribution in [0.1, 0.15) is 41.0 Å². The molecule has 1 aliphatic heterocycles. The molecule has 1 heterocycles. The van der Waals surface area contributed by atoms with Crippen molar-refractivity contribution in [2.75, 3.05) is 6.61 Å². The van der Waals surface area contributed by atoms with Crippen LogP contribution in [0.3, 0.4) is 0 Å². The average Bonchev–Trinajstić information content (AvgIpc) is 2.68. The molecule has 1 saturated heterocycles. The molecular formula is C16H29NO4Si. The third-order valence-electron chi connectivity index (χ3n) is 4.85. The maximum atomic E-state index is 12.4. The van der Waals surface area contributed by atoms with E-state index in [1.807, 2.05) is 6.92 Å². The second-order valence-electron chi connectivity index (χ2n) is 7.53. The first-order valence-electron chi connectivity index (χ1n) is 7.84. The van der Waals surface area contributed by atoms with Crippen molar-refractivity contribution in [3.63, 3.8) is 0 Å². The van der Waals surface area contributed by atoms with E-state index in [2.05, 4.69) is 39.2 Å². The molecule has 0 aromatic rings. The maximum absolute atomic E-state index is 12.4. The molecular weight excluding hydrogens is 298 g/mol. The number of amides is 1. The van der Waals surface area contributed by atoms with Gasteiger partial charge in [0.25, 0.3) is 5.91 Å². The Labute approximate surface area is 134 Å². The minimum absolute atomic E-state index is 0.0379. The highest BCUT2D eigenvalue weighted by atomic mass is 28.4. The molecule has 6 heteroatoms. The van der Waals surface area contributed by atoms with E-state index < -0.39 is 20.3 Å². The van der Waals surface area contributed by atoms with E-state index in [1.54, 1.807) is 6.92 Å². The molecule has 1 fully saturated rings. The van der Waals surface area contributed by atoms with Crippen molar-refractivity contribution in [3.8, 4) is 0 Å². The Kier molecular flexibility index (Phi) is 5.62. The number of ketones is 1. The van der Waals surface area contributed by atoms with Crippen molar-refractivity contribution in [2.24, 2.45) is 5.92 Å². The van der Waals surface area contributed by atoms with Gasteiger partial charge in [-0.2, -0.15) is 0 Å². The number of aliphatic hydroxyl groups is 1. The number of rotatable bonds is 5. The smallest absolute Gasteiger partial charge is 0.259 e. The fraction of sp³-hybridized carbons (Fsp3) is 0.750. The summed E-state index contributed by atoms with van der Waals surface area (Å²) in [7, 11) is -1.98. The summed E-state index contributed by atoms with van der Waals surface area (Å²) >= 11 is 0. The van der Waals surface area contributed by atoms with Gasteiger partial charge in [0.15, 0.2) is 14.1 Å².